The van der Waals surface area contributed by atoms with E-state index >= 15 is 0 Å². The number of anilines is 3. The van der Waals surface area contributed by atoms with Gasteiger partial charge in [-0.3, -0.25) is 4.79 Å². The Kier molecular flexibility index (Phi) is 5.80. The first-order valence-electron chi connectivity index (χ1n) is 8.88. The van der Waals surface area contributed by atoms with E-state index in [4.69, 9.17) is 4.74 Å². The fourth-order valence-corrected chi connectivity index (χ4v) is 3.04. The van der Waals surface area contributed by atoms with Crippen molar-refractivity contribution < 1.29 is 14.3 Å². The van der Waals surface area contributed by atoms with Gasteiger partial charge in [-0.05, 0) is 42.5 Å². The van der Waals surface area contributed by atoms with Crippen molar-refractivity contribution >= 4 is 29.0 Å². The van der Waals surface area contributed by atoms with Crippen molar-refractivity contribution in [3.63, 3.8) is 0 Å². The topological polar surface area (TPSA) is 73.9 Å². The van der Waals surface area contributed by atoms with Gasteiger partial charge in [0.05, 0.1) is 7.11 Å². The van der Waals surface area contributed by atoms with Crippen LogP contribution in [0.25, 0.3) is 0 Å². The van der Waals surface area contributed by atoms with E-state index < -0.39 is 0 Å². The van der Waals surface area contributed by atoms with Crippen LogP contribution in [0.15, 0.2) is 48.5 Å². The summed E-state index contributed by atoms with van der Waals surface area (Å²) in [4.78, 5) is 27.7. The van der Waals surface area contributed by atoms with Gasteiger partial charge in [0, 0.05) is 50.2 Å². The van der Waals surface area contributed by atoms with Crippen LogP contribution in [0, 0.1) is 0 Å². The molecule has 7 nitrogen and oxygen atoms in total. The van der Waals surface area contributed by atoms with Crippen LogP contribution in [0.5, 0.6) is 5.75 Å². The summed E-state index contributed by atoms with van der Waals surface area (Å²) in [6.07, 6.45) is 0. The van der Waals surface area contributed by atoms with E-state index in [-0.39, 0.29) is 11.9 Å². The lowest BCUT2D eigenvalue weighted by atomic mass is 10.2. The number of rotatable bonds is 4. The van der Waals surface area contributed by atoms with Gasteiger partial charge in [0.25, 0.3) is 0 Å². The maximum Gasteiger partial charge on any atom is 0.321 e. The molecule has 0 radical (unpaired) electrons. The molecule has 27 heavy (non-hydrogen) atoms. The standard InChI is InChI=1S/C20H24N4O3/c1-15(25)21-16-4-3-5-17(14-16)22-20(26)24-12-10-23(11-13-24)18-6-8-19(27-2)9-7-18/h3-9,14H,10-13H2,1-2H3,(H,21,25)(H,22,26). The zero-order valence-corrected chi connectivity index (χ0v) is 15.6. The minimum Gasteiger partial charge on any atom is -0.497 e. The fraction of sp³-hybridized carbons (Fsp3) is 0.300. The fourth-order valence-electron chi connectivity index (χ4n) is 3.04. The Bertz CT molecular complexity index is 799. The summed E-state index contributed by atoms with van der Waals surface area (Å²) >= 11 is 0. The lowest BCUT2D eigenvalue weighted by Crippen LogP contribution is -2.50. The van der Waals surface area contributed by atoms with E-state index in [0.717, 1.165) is 24.5 Å². The van der Waals surface area contributed by atoms with Gasteiger partial charge in [-0.2, -0.15) is 0 Å². The monoisotopic (exact) mass is 368 g/mol. The highest BCUT2D eigenvalue weighted by atomic mass is 16.5. The first kappa shape index (κ1) is 18.6. The highest BCUT2D eigenvalue weighted by molar-refractivity contribution is 5.92. The molecule has 1 fully saturated rings. The number of nitrogens with one attached hydrogen (secondary N) is 2. The third-order valence-corrected chi connectivity index (χ3v) is 4.44. The van der Waals surface area contributed by atoms with Crippen molar-refractivity contribution in [3.05, 3.63) is 48.5 Å². The van der Waals surface area contributed by atoms with Gasteiger partial charge in [-0.15, -0.1) is 0 Å². The molecule has 0 bridgehead atoms. The van der Waals surface area contributed by atoms with E-state index in [0.29, 0.717) is 24.5 Å². The van der Waals surface area contributed by atoms with Crippen LogP contribution in [-0.2, 0) is 4.79 Å². The molecule has 1 saturated heterocycles. The van der Waals surface area contributed by atoms with Crippen molar-refractivity contribution in [2.75, 3.05) is 48.8 Å². The maximum absolute atomic E-state index is 12.5. The highest BCUT2D eigenvalue weighted by Gasteiger charge is 2.21. The average molecular weight is 368 g/mol. The number of hydrogen-bond acceptors (Lipinski definition) is 4. The molecule has 0 spiro atoms. The second-order valence-corrected chi connectivity index (χ2v) is 6.36. The van der Waals surface area contributed by atoms with Crippen LogP contribution >= 0.6 is 0 Å². The van der Waals surface area contributed by atoms with Gasteiger partial charge < -0.3 is 25.2 Å². The van der Waals surface area contributed by atoms with Crippen molar-refractivity contribution in [3.8, 4) is 5.75 Å². The summed E-state index contributed by atoms with van der Waals surface area (Å²) in [5, 5.41) is 5.61. The summed E-state index contributed by atoms with van der Waals surface area (Å²) in [6, 6.07) is 14.9. The number of nitrogens with zero attached hydrogens (tertiary/aromatic N) is 2. The van der Waals surface area contributed by atoms with E-state index in [1.54, 1.807) is 36.3 Å². The minimum atomic E-state index is -0.145. The third kappa shape index (κ3) is 4.91. The molecule has 1 aliphatic rings. The van der Waals surface area contributed by atoms with Crippen LogP contribution in [0.3, 0.4) is 0 Å². The van der Waals surface area contributed by atoms with E-state index in [2.05, 4.69) is 15.5 Å². The number of piperazine rings is 1. The van der Waals surface area contributed by atoms with Gasteiger partial charge >= 0.3 is 6.03 Å². The molecule has 1 aliphatic heterocycles. The first-order chi connectivity index (χ1) is 13.0. The molecule has 0 saturated carbocycles. The molecule has 2 aromatic rings. The van der Waals surface area contributed by atoms with Gasteiger partial charge in [-0.1, -0.05) is 6.07 Å². The highest BCUT2D eigenvalue weighted by Crippen LogP contribution is 2.21. The normalized spacial score (nSPS) is 13.9. The SMILES string of the molecule is COc1ccc(N2CCN(C(=O)Nc3cccc(NC(C)=O)c3)CC2)cc1. The quantitative estimate of drug-likeness (QED) is 0.870. The van der Waals surface area contributed by atoms with Gasteiger partial charge in [-0.25, -0.2) is 4.79 Å². The van der Waals surface area contributed by atoms with Crippen LogP contribution in [0.2, 0.25) is 0 Å². The maximum atomic E-state index is 12.5. The summed E-state index contributed by atoms with van der Waals surface area (Å²) in [5.74, 6) is 0.686. The lowest BCUT2D eigenvalue weighted by Gasteiger charge is -2.36. The van der Waals surface area contributed by atoms with Crippen LogP contribution in [-0.4, -0.2) is 50.1 Å². The van der Waals surface area contributed by atoms with Gasteiger partial charge in [0.15, 0.2) is 0 Å². The minimum absolute atomic E-state index is 0.135. The second-order valence-electron chi connectivity index (χ2n) is 6.36. The molecule has 0 unspecified atom stereocenters. The van der Waals surface area contributed by atoms with E-state index in [9.17, 15) is 9.59 Å². The molecule has 3 rings (SSSR count). The molecular weight excluding hydrogens is 344 g/mol. The van der Waals surface area contributed by atoms with E-state index in [1.807, 2.05) is 24.3 Å². The molecule has 1 heterocycles. The van der Waals surface area contributed by atoms with Crippen molar-refractivity contribution in [2.24, 2.45) is 0 Å². The first-order valence-corrected chi connectivity index (χ1v) is 8.88. The lowest BCUT2D eigenvalue weighted by molar-refractivity contribution is -0.114. The smallest absolute Gasteiger partial charge is 0.321 e. The van der Waals surface area contributed by atoms with Crippen molar-refractivity contribution in [1.82, 2.24) is 4.90 Å². The molecule has 0 aliphatic carbocycles. The largest absolute Gasteiger partial charge is 0.497 e. The number of ether oxygens (including phenoxy) is 1. The molecule has 142 valence electrons. The van der Waals surface area contributed by atoms with Gasteiger partial charge in [0.2, 0.25) is 5.91 Å². The second kappa shape index (κ2) is 8.44. The van der Waals surface area contributed by atoms with Crippen LogP contribution < -0.4 is 20.3 Å². The average Bonchev–Trinajstić information content (AvgIpc) is 2.68. The van der Waals surface area contributed by atoms with Gasteiger partial charge in [0.1, 0.15) is 5.75 Å². The number of urea groups is 1. The Labute approximate surface area is 158 Å². The predicted octanol–water partition coefficient (Wildman–Crippen LogP) is 3.01. The number of carbonyl (C=O) groups is 2. The number of methoxy groups -OCH3 is 1. The Morgan fingerprint density at radius 3 is 2.15 bits per heavy atom. The van der Waals surface area contributed by atoms with Crippen LogP contribution in [0.4, 0.5) is 21.9 Å². The molecule has 2 N–H and O–H groups in total. The third-order valence-electron chi connectivity index (χ3n) is 4.44. The Morgan fingerprint density at radius 2 is 1.56 bits per heavy atom. The zero-order valence-electron chi connectivity index (χ0n) is 15.6. The van der Waals surface area contributed by atoms with Crippen molar-refractivity contribution in [2.45, 2.75) is 6.92 Å². The van der Waals surface area contributed by atoms with Crippen LogP contribution in [0.1, 0.15) is 6.92 Å². The summed E-state index contributed by atoms with van der Waals surface area (Å²) in [5.41, 5.74) is 2.44. The molecule has 0 aromatic heterocycles. The molecule has 3 amide bonds. The molecule has 7 heteroatoms. The van der Waals surface area contributed by atoms with Crippen molar-refractivity contribution in [1.29, 1.82) is 0 Å². The summed E-state index contributed by atoms with van der Waals surface area (Å²) in [7, 11) is 1.65. The summed E-state index contributed by atoms with van der Waals surface area (Å²) < 4.78 is 5.19. The zero-order chi connectivity index (χ0) is 19.2. The predicted molar refractivity (Wildman–Crippen MR) is 107 cm³/mol. The Balaban J connectivity index is 1.54. The Morgan fingerprint density at radius 1 is 0.926 bits per heavy atom. The number of hydrogen-bond donors (Lipinski definition) is 2. The molecule has 0 atom stereocenters. The summed E-state index contributed by atoms with van der Waals surface area (Å²) in [6.45, 7) is 4.28. The molecular formula is C20H24N4O3. The number of benzene rings is 2. The molecule has 2 aromatic carbocycles. The van der Waals surface area contributed by atoms with E-state index in [1.165, 1.54) is 6.92 Å². The number of amides is 3. The Hall–Kier alpha value is -3.22. The number of carbonyl (C=O) groups excluding carboxylic acids is 2.